The van der Waals surface area contributed by atoms with Crippen molar-refractivity contribution in [1.29, 1.82) is 0 Å². The maximum absolute atomic E-state index is 9.86. The molecule has 2 N–H and O–H groups in total. The second kappa shape index (κ2) is 5.51. The lowest BCUT2D eigenvalue weighted by Gasteiger charge is -2.15. The molecule has 2 aromatic rings. The molecule has 0 aliphatic heterocycles. The SMILES string of the molecule is COc1ncccc1CNC1CCc2c(O)cccc21. The number of fused-ring (bicyclic) bond motifs is 1. The van der Waals surface area contributed by atoms with E-state index in [0.29, 0.717) is 18.2 Å². The first kappa shape index (κ1) is 12.9. The van der Waals surface area contributed by atoms with Gasteiger partial charge in [0.25, 0.3) is 0 Å². The molecule has 0 saturated heterocycles. The summed E-state index contributed by atoms with van der Waals surface area (Å²) in [5.74, 6) is 1.07. The molecule has 1 aromatic heterocycles. The number of aromatic hydroxyl groups is 1. The summed E-state index contributed by atoms with van der Waals surface area (Å²) in [5.41, 5.74) is 3.32. The maximum Gasteiger partial charge on any atom is 0.217 e. The molecule has 4 nitrogen and oxygen atoms in total. The lowest BCUT2D eigenvalue weighted by molar-refractivity contribution is 0.388. The molecule has 1 aliphatic rings. The van der Waals surface area contributed by atoms with Crippen LogP contribution in [0.15, 0.2) is 36.5 Å². The summed E-state index contributed by atoms with van der Waals surface area (Å²) in [6.45, 7) is 0.705. The van der Waals surface area contributed by atoms with Crippen LogP contribution >= 0.6 is 0 Å². The van der Waals surface area contributed by atoms with Crippen LogP contribution in [0.5, 0.6) is 11.6 Å². The second-order valence-corrected chi connectivity index (χ2v) is 4.99. The van der Waals surface area contributed by atoms with Crippen LogP contribution in [0.4, 0.5) is 0 Å². The normalized spacial score (nSPS) is 16.9. The summed E-state index contributed by atoms with van der Waals surface area (Å²) < 4.78 is 5.26. The number of methoxy groups -OCH3 is 1. The number of nitrogens with one attached hydrogen (secondary N) is 1. The monoisotopic (exact) mass is 270 g/mol. The number of hydrogen-bond acceptors (Lipinski definition) is 4. The van der Waals surface area contributed by atoms with Crippen LogP contribution in [0.3, 0.4) is 0 Å². The van der Waals surface area contributed by atoms with Crippen LogP contribution in [-0.2, 0) is 13.0 Å². The minimum atomic E-state index is 0.280. The Labute approximate surface area is 118 Å². The molecule has 1 atom stereocenters. The van der Waals surface area contributed by atoms with Gasteiger partial charge in [0, 0.05) is 24.3 Å². The van der Waals surface area contributed by atoms with E-state index in [9.17, 15) is 5.11 Å². The Morgan fingerprint density at radius 2 is 2.25 bits per heavy atom. The molecule has 1 heterocycles. The van der Waals surface area contributed by atoms with Crippen molar-refractivity contribution in [3.63, 3.8) is 0 Å². The van der Waals surface area contributed by atoms with Gasteiger partial charge in [-0.05, 0) is 36.1 Å². The van der Waals surface area contributed by atoms with Crippen LogP contribution in [0.25, 0.3) is 0 Å². The zero-order valence-corrected chi connectivity index (χ0v) is 11.5. The minimum absolute atomic E-state index is 0.280. The predicted octanol–water partition coefficient (Wildman–Crippen LogP) is 2.57. The summed E-state index contributed by atoms with van der Waals surface area (Å²) in [5, 5.41) is 13.4. The van der Waals surface area contributed by atoms with Gasteiger partial charge in [0.2, 0.25) is 5.88 Å². The number of benzene rings is 1. The molecule has 0 amide bonds. The van der Waals surface area contributed by atoms with E-state index in [1.54, 1.807) is 19.4 Å². The highest BCUT2D eigenvalue weighted by Gasteiger charge is 2.24. The van der Waals surface area contributed by atoms with Crippen molar-refractivity contribution in [1.82, 2.24) is 10.3 Å². The molecule has 3 rings (SSSR count). The molecule has 0 radical (unpaired) electrons. The number of ether oxygens (including phenoxy) is 1. The third-order valence-electron chi connectivity index (χ3n) is 3.83. The van der Waals surface area contributed by atoms with Crippen molar-refractivity contribution in [3.05, 3.63) is 53.2 Å². The molecule has 20 heavy (non-hydrogen) atoms. The van der Waals surface area contributed by atoms with E-state index in [1.807, 2.05) is 18.2 Å². The lowest BCUT2D eigenvalue weighted by Crippen LogP contribution is -2.19. The van der Waals surface area contributed by atoms with Gasteiger partial charge in [-0.15, -0.1) is 0 Å². The topological polar surface area (TPSA) is 54.4 Å². The predicted molar refractivity (Wildman–Crippen MR) is 76.8 cm³/mol. The van der Waals surface area contributed by atoms with E-state index in [2.05, 4.69) is 16.4 Å². The first-order valence-corrected chi connectivity index (χ1v) is 6.81. The Hall–Kier alpha value is -2.07. The highest BCUT2D eigenvalue weighted by atomic mass is 16.5. The third-order valence-corrected chi connectivity index (χ3v) is 3.83. The maximum atomic E-state index is 9.86. The molecule has 1 aromatic carbocycles. The smallest absolute Gasteiger partial charge is 0.217 e. The lowest BCUT2D eigenvalue weighted by atomic mass is 10.1. The standard InChI is InChI=1S/C16H18N2O2/c1-20-16-11(4-3-9-17-16)10-18-14-8-7-13-12(14)5-2-6-15(13)19/h2-6,9,14,18-19H,7-8,10H2,1H3. The fraction of sp³-hybridized carbons (Fsp3) is 0.312. The zero-order valence-electron chi connectivity index (χ0n) is 11.5. The number of pyridine rings is 1. The highest BCUT2D eigenvalue weighted by Crippen LogP contribution is 2.36. The van der Waals surface area contributed by atoms with Gasteiger partial charge in [-0.3, -0.25) is 0 Å². The molecule has 0 bridgehead atoms. The average Bonchev–Trinajstić information content (AvgIpc) is 2.90. The van der Waals surface area contributed by atoms with E-state index in [0.717, 1.165) is 24.0 Å². The Kier molecular flexibility index (Phi) is 3.56. The van der Waals surface area contributed by atoms with Crippen molar-refractivity contribution < 1.29 is 9.84 Å². The van der Waals surface area contributed by atoms with E-state index < -0.39 is 0 Å². The van der Waals surface area contributed by atoms with Crippen molar-refractivity contribution >= 4 is 0 Å². The van der Waals surface area contributed by atoms with Gasteiger partial charge in [0.05, 0.1) is 7.11 Å². The molecule has 104 valence electrons. The number of hydrogen-bond donors (Lipinski definition) is 2. The largest absolute Gasteiger partial charge is 0.508 e. The van der Waals surface area contributed by atoms with Gasteiger partial charge in [0.15, 0.2) is 0 Å². The van der Waals surface area contributed by atoms with E-state index in [1.165, 1.54) is 5.56 Å². The van der Waals surface area contributed by atoms with Crippen molar-refractivity contribution in [2.75, 3.05) is 7.11 Å². The minimum Gasteiger partial charge on any atom is -0.508 e. The van der Waals surface area contributed by atoms with Crippen LogP contribution in [0.2, 0.25) is 0 Å². The van der Waals surface area contributed by atoms with Gasteiger partial charge in [-0.1, -0.05) is 18.2 Å². The number of rotatable bonds is 4. The van der Waals surface area contributed by atoms with Crippen molar-refractivity contribution in [2.45, 2.75) is 25.4 Å². The third kappa shape index (κ3) is 2.34. The average molecular weight is 270 g/mol. The summed E-state index contributed by atoms with van der Waals surface area (Å²) in [4.78, 5) is 4.20. The number of aromatic nitrogens is 1. The van der Waals surface area contributed by atoms with E-state index >= 15 is 0 Å². The Morgan fingerprint density at radius 3 is 3.10 bits per heavy atom. The Bertz CT molecular complexity index is 613. The molecule has 0 saturated carbocycles. The molecule has 1 unspecified atom stereocenters. The molecule has 0 fully saturated rings. The Balaban J connectivity index is 1.74. The van der Waals surface area contributed by atoms with Gasteiger partial charge in [-0.25, -0.2) is 4.98 Å². The summed E-state index contributed by atoms with van der Waals surface area (Å²) in [7, 11) is 1.63. The zero-order chi connectivity index (χ0) is 13.9. The number of nitrogens with zero attached hydrogens (tertiary/aromatic N) is 1. The van der Waals surface area contributed by atoms with Gasteiger partial charge in [0.1, 0.15) is 5.75 Å². The number of phenols is 1. The fourth-order valence-corrected chi connectivity index (χ4v) is 2.82. The second-order valence-electron chi connectivity index (χ2n) is 4.99. The summed E-state index contributed by atoms with van der Waals surface area (Å²) >= 11 is 0. The van der Waals surface area contributed by atoms with Crippen LogP contribution in [0.1, 0.15) is 29.2 Å². The van der Waals surface area contributed by atoms with Gasteiger partial charge >= 0.3 is 0 Å². The van der Waals surface area contributed by atoms with Crippen molar-refractivity contribution in [2.24, 2.45) is 0 Å². The van der Waals surface area contributed by atoms with Crippen LogP contribution in [-0.4, -0.2) is 17.2 Å². The van der Waals surface area contributed by atoms with E-state index in [4.69, 9.17) is 4.74 Å². The quantitative estimate of drug-likeness (QED) is 0.896. The molecule has 1 aliphatic carbocycles. The highest BCUT2D eigenvalue weighted by molar-refractivity contribution is 5.44. The van der Waals surface area contributed by atoms with Crippen LogP contribution in [0, 0.1) is 0 Å². The molecular formula is C16H18N2O2. The van der Waals surface area contributed by atoms with Crippen molar-refractivity contribution in [3.8, 4) is 11.6 Å². The first-order valence-electron chi connectivity index (χ1n) is 6.81. The number of phenolic OH excluding ortho intramolecular Hbond substituents is 1. The Morgan fingerprint density at radius 1 is 1.35 bits per heavy atom. The molecule has 4 heteroatoms. The van der Waals surface area contributed by atoms with Crippen LogP contribution < -0.4 is 10.1 Å². The van der Waals surface area contributed by atoms with Gasteiger partial charge < -0.3 is 15.2 Å². The van der Waals surface area contributed by atoms with Gasteiger partial charge in [-0.2, -0.15) is 0 Å². The summed E-state index contributed by atoms with van der Waals surface area (Å²) in [6.07, 6.45) is 3.66. The van der Waals surface area contributed by atoms with E-state index in [-0.39, 0.29) is 6.04 Å². The molecular weight excluding hydrogens is 252 g/mol. The fourth-order valence-electron chi connectivity index (χ4n) is 2.82. The summed E-state index contributed by atoms with van der Waals surface area (Å²) in [6, 6.07) is 9.94. The first-order chi connectivity index (χ1) is 9.79. The molecule has 0 spiro atoms.